The van der Waals surface area contributed by atoms with Crippen molar-refractivity contribution in [2.45, 2.75) is 252 Å². The molecule has 0 unspecified atom stereocenters. The van der Waals surface area contributed by atoms with Crippen LogP contribution in [0.15, 0.2) is 64.6 Å². The van der Waals surface area contributed by atoms with Crippen LogP contribution in [0.5, 0.6) is 0 Å². The molecular weight excluding hydrogens is 747 g/mol. The SMILES string of the molecule is CCCCCCCCCCCCCCCCCCCCCCC=CCCc1ccccc1N=CC(CCCCC)=Nc1cc(CCCCC)cc(CCCCC)c1.[Ni]. The van der Waals surface area contributed by atoms with Gasteiger partial charge in [0.1, 0.15) is 0 Å². The van der Waals surface area contributed by atoms with Crippen LogP contribution in [-0.4, -0.2) is 11.9 Å². The number of aryl methyl sites for hydroxylation is 3. The second kappa shape index (κ2) is 40.4. The molecule has 0 aromatic heterocycles. The van der Waals surface area contributed by atoms with Gasteiger partial charge >= 0.3 is 0 Å². The zero-order valence-corrected chi connectivity index (χ0v) is 39.7. The molecule has 0 bridgehead atoms. The number of hydrogen-bond donors (Lipinski definition) is 0. The Kier molecular flexibility index (Phi) is 37.7. The summed E-state index contributed by atoms with van der Waals surface area (Å²) in [6.07, 6.45) is 53.6. The third-order valence-corrected chi connectivity index (χ3v) is 11.8. The van der Waals surface area contributed by atoms with Crippen molar-refractivity contribution >= 4 is 23.3 Å². The smallest absolute Gasteiger partial charge is 0.0662 e. The van der Waals surface area contributed by atoms with E-state index >= 15 is 0 Å². The van der Waals surface area contributed by atoms with Crippen LogP contribution in [0, 0.1) is 0 Å². The molecule has 58 heavy (non-hydrogen) atoms. The molecule has 0 radical (unpaired) electrons. The Morgan fingerprint density at radius 1 is 0.448 bits per heavy atom. The van der Waals surface area contributed by atoms with E-state index in [1.807, 2.05) is 0 Å². The van der Waals surface area contributed by atoms with E-state index in [2.05, 4.69) is 88.5 Å². The molecule has 0 aliphatic heterocycles. The molecule has 0 aliphatic rings. The largest absolute Gasteiger partial charge is 0.255 e. The molecule has 0 fully saturated rings. The quantitative estimate of drug-likeness (QED) is 0.0277. The van der Waals surface area contributed by atoms with E-state index < -0.39 is 0 Å². The van der Waals surface area contributed by atoms with Gasteiger partial charge in [-0.25, -0.2) is 0 Å². The van der Waals surface area contributed by atoms with Gasteiger partial charge in [0.2, 0.25) is 0 Å². The third kappa shape index (κ3) is 30.1. The van der Waals surface area contributed by atoms with Crippen molar-refractivity contribution in [1.29, 1.82) is 0 Å². The Balaban J connectivity index is 0.0000168. The van der Waals surface area contributed by atoms with Crippen LogP contribution in [0.25, 0.3) is 0 Å². The molecule has 2 aromatic carbocycles. The second-order valence-corrected chi connectivity index (χ2v) is 17.4. The van der Waals surface area contributed by atoms with Crippen molar-refractivity contribution in [3.05, 3.63) is 71.3 Å². The first-order valence-corrected chi connectivity index (χ1v) is 25.2. The summed E-state index contributed by atoms with van der Waals surface area (Å²) in [4.78, 5) is 10.4. The predicted octanol–water partition coefficient (Wildman–Crippen LogP) is 18.9. The average molecular weight is 840 g/mol. The zero-order chi connectivity index (χ0) is 40.7. The van der Waals surface area contributed by atoms with E-state index in [9.17, 15) is 0 Å². The van der Waals surface area contributed by atoms with Gasteiger partial charge in [0.25, 0.3) is 0 Å². The Hall–Kier alpha value is -1.99. The van der Waals surface area contributed by atoms with Crippen molar-refractivity contribution in [2.75, 3.05) is 0 Å². The first-order chi connectivity index (χ1) is 28.2. The maximum Gasteiger partial charge on any atom is 0.0662 e. The van der Waals surface area contributed by atoms with Gasteiger partial charge in [-0.2, -0.15) is 0 Å². The molecule has 2 rings (SSSR count). The number of rotatable bonds is 39. The molecule has 0 N–H and O–H groups in total. The Morgan fingerprint density at radius 2 is 0.879 bits per heavy atom. The van der Waals surface area contributed by atoms with Crippen molar-refractivity contribution in [3.8, 4) is 0 Å². The fourth-order valence-electron chi connectivity index (χ4n) is 8.11. The summed E-state index contributed by atoms with van der Waals surface area (Å²) in [5, 5.41) is 0. The summed E-state index contributed by atoms with van der Waals surface area (Å²) in [6.45, 7) is 9.16. The summed E-state index contributed by atoms with van der Waals surface area (Å²) in [5.41, 5.74) is 7.55. The van der Waals surface area contributed by atoms with Crippen LogP contribution in [0.1, 0.15) is 250 Å². The normalized spacial score (nSPS) is 12.0. The van der Waals surface area contributed by atoms with Crippen LogP contribution >= 0.6 is 0 Å². The molecular formula is C55H92N2Ni. The molecule has 332 valence electrons. The standard InChI is InChI=1S/C55H92N2.Ni/c1-5-9-13-14-15-16-17-18-19-20-21-22-23-24-25-26-27-28-29-30-31-32-33-37-42-52-43-38-39-45-55(52)56-49-53(44-36-12-8-4)57-54-47-50(40-34-10-6-2)46-51(48-54)41-35-11-7-3;/h32-33,38-39,43,45-49H,5-31,34-37,40-42,44H2,1-4H3;. The number of aliphatic imine (C=N–C) groups is 2. The van der Waals surface area contributed by atoms with Gasteiger partial charge in [-0.15, -0.1) is 0 Å². The number of nitrogens with zero attached hydrogens (tertiary/aromatic N) is 2. The number of hydrogen-bond acceptors (Lipinski definition) is 2. The summed E-state index contributed by atoms with van der Waals surface area (Å²) in [6, 6.07) is 15.9. The second-order valence-electron chi connectivity index (χ2n) is 17.4. The van der Waals surface area contributed by atoms with Gasteiger partial charge in [-0.05, 0) is 99.1 Å². The van der Waals surface area contributed by atoms with Gasteiger partial charge in [-0.3, -0.25) is 9.98 Å². The fourth-order valence-corrected chi connectivity index (χ4v) is 8.11. The van der Waals surface area contributed by atoms with Crippen LogP contribution in [-0.2, 0) is 35.8 Å². The number of allylic oxidation sites excluding steroid dienone is 2. The minimum absolute atomic E-state index is 0. The fraction of sp³-hybridized carbons (Fsp3) is 0.709. The minimum Gasteiger partial charge on any atom is -0.255 e. The van der Waals surface area contributed by atoms with E-state index in [-0.39, 0.29) is 16.5 Å². The topological polar surface area (TPSA) is 24.7 Å². The van der Waals surface area contributed by atoms with Gasteiger partial charge < -0.3 is 0 Å². The van der Waals surface area contributed by atoms with Gasteiger partial charge in [0.05, 0.1) is 17.1 Å². The molecule has 0 atom stereocenters. The Labute approximate surface area is 371 Å². The minimum atomic E-state index is 0. The molecule has 0 aliphatic carbocycles. The predicted molar refractivity (Wildman–Crippen MR) is 259 cm³/mol. The third-order valence-electron chi connectivity index (χ3n) is 11.8. The summed E-state index contributed by atoms with van der Waals surface area (Å²) < 4.78 is 0. The molecule has 0 heterocycles. The van der Waals surface area contributed by atoms with Crippen LogP contribution in [0.4, 0.5) is 11.4 Å². The molecule has 0 saturated carbocycles. The number of para-hydroxylation sites is 1. The number of unbranched alkanes of at least 4 members (excludes halogenated alkanes) is 26. The van der Waals surface area contributed by atoms with Crippen LogP contribution < -0.4 is 0 Å². The van der Waals surface area contributed by atoms with E-state index in [4.69, 9.17) is 9.98 Å². The van der Waals surface area contributed by atoms with Crippen LogP contribution in [0.3, 0.4) is 0 Å². The average Bonchev–Trinajstić information content (AvgIpc) is 3.22. The Morgan fingerprint density at radius 3 is 1.40 bits per heavy atom. The summed E-state index contributed by atoms with van der Waals surface area (Å²) in [5.74, 6) is 0. The van der Waals surface area contributed by atoms with Gasteiger partial charge in [0, 0.05) is 22.7 Å². The van der Waals surface area contributed by atoms with E-state index in [1.54, 1.807) is 0 Å². The first-order valence-electron chi connectivity index (χ1n) is 25.2. The van der Waals surface area contributed by atoms with E-state index in [1.165, 1.54) is 203 Å². The van der Waals surface area contributed by atoms with Crippen LogP contribution in [0.2, 0.25) is 0 Å². The first kappa shape index (κ1) is 54.0. The molecule has 2 aromatic rings. The maximum atomic E-state index is 5.27. The van der Waals surface area contributed by atoms with Gasteiger partial charge in [-0.1, -0.05) is 225 Å². The molecule has 0 amide bonds. The van der Waals surface area contributed by atoms with Crippen molar-refractivity contribution < 1.29 is 16.5 Å². The van der Waals surface area contributed by atoms with Crippen molar-refractivity contribution in [2.24, 2.45) is 9.98 Å². The van der Waals surface area contributed by atoms with Crippen molar-refractivity contribution in [3.63, 3.8) is 0 Å². The number of benzene rings is 2. The van der Waals surface area contributed by atoms with E-state index in [0.717, 1.165) is 55.6 Å². The zero-order valence-electron chi connectivity index (χ0n) is 38.7. The summed E-state index contributed by atoms with van der Waals surface area (Å²) >= 11 is 0. The molecule has 0 spiro atoms. The summed E-state index contributed by atoms with van der Waals surface area (Å²) in [7, 11) is 0. The Bertz CT molecular complexity index is 1260. The van der Waals surface area contributed by atoms with E-state index in [0.29, 0.717) is 0 Å². The monoisotopic (exact) mass is 839 g/mol. The van der Waals surface area contributed by atoms with Gasteiger partial charge in [0.15, 0.2) is 0 Å². The molecule has 0 saturated heterocycles. The maximum absolute atomic E-state index is 5.27. The molecule has 2 nitrogen and oxygen atoms in total. The molecule has 3 heteroatoms. The van der Waals surface area contributed by atoms with Crippen molar-refractivity contribution in [1.82, 2.24) is 0 Å².